The van der Waals surface area contributed by atoms with Gasteiger partial charge in [-0.3, -0.25) is 0 Å². The number of hydrogen-bond donors (Lipinski definition) is 1. The van der Waals surface area contributed by atoms with Gasteiger partial charge in [-0.15, -0.1) is 23.2 Å². The van der Waals surface area contributed by atoms with Crippen LogP contribution in [0, 0.1) is 0 Å². The Kier molecular flexibility index (Phi) is 4.98. The maximum atomic E-state index is 12.1. The van der Waals surface area contributed by atoms with Gasteiger partial charge in [0.1, 0.15) is 27.5 Å². The zero-order valence-corrected chi connectivity index (χ0v) is 12.9. The van der Waals surface area contributed by atoms with Crippen LogP contribution in [0.5, 0.6) is 11.5 Å². The number of benzene rings is 1. The van der Waals surface area contributed by atoms with Crippen LogP contribution in [0.3, 0.4) is 0 Å². The Bertz CT molecular complexity index is 696. The lowest BCUT2D eigenvalue weighted by Crippen LogP contribution is -2.19. The number of alkyl halides is 2. The SMILES string of the molecule is COc1cc(OC)c2c(=O)oc(C[C@@H](O)C(Cl)Cl)cc2c1. The van der Waals surface area contributed by atoms with E-state index in [0.29, 0.717) is 22.3 Å². The highest BCUT2D eigenvalue weighted by Gasteiger charge is 2.18. The molecule has 1 heterocycles. The van der Waals surface area contributed by atoms with E-state index in [1.54, 1.807) is 18.2 Å². The molecule has 7 heteroatoms. The van der Waals surface area contributed by atoms with E-state index in [4.69, 9.17) is 37.1 Å². The van der Waals surface area contributed by atoms with Gasteiger partial charge in [-0.25, -0.2) is 4.79 Å². The molecule has 1 aromatic carbocycles. The van der Waals surface area contributed by atoms with Gasteiger partial charge >= 0.3 is 5.63 Å². The number of halogens is 2. The first-order chi connectivity index (χ1) is 9.96. The van der Waals surface area contributed by atoms with Crippen LogP contribution in [0.1, 0.15) is 5.76 Å². The second kappa shape index (κ2) is 6.56. The fourth-order valence-corrected chi connectivity index (χ4v) is 2.17. The average molecular weight is 333 g/mol. The van der Waals surface area contributed by atoms with E-state index >= 15 is 0 Å². The van der Waals surface area contributed by atoms with Crippen molar-refractivity contribution in [1.82, 2.24) is 0 Å². The van der Waals surface area contributed by atoms with Crippen molar-refractivity contribution < 1.29 is 19.0 Å². The Morgan fingerprint density at radius 2 is 1.95 bits per heavy atom. The maximum Gasteiger partial charge on any atom is 0.347 e. The zero-order chi connectivity index (χ0) is 15.6. The summed E-state index contributed by atoms with van der Waals surface area (Å²) in [4.78, 5) is 11.1. The molecule has 0 saturated heterocycles. The van der Waals surface area contributed by atoms with Gasteiger partial charge in [0.2, 0.25) is 0 Å². The third-order valence-electron chi connectivity index (χ3n) is 3.01. The Balaban J connectivity index is 2.56. The van der Waals surface area contributed by atoms with E-state index in [2.05, 4.69) is 0 Å². The van der Waals surface area contributed by atoms with Crippen LogP contribution >= 0.6 is 23.2 Å². The molecule has 0 radical (unpaired) electrons. The fourth-order valence-electron chi connectivity index (χ4n) is 1.99. The summed E-state index contributed by atoms with van der Waals surface area (Å²) in [6, 6.07) is 4.91. The van der Waals surface area contributed by atoms with E-state index < -0.39 is 16.6 Å². The Morgan fingerprint density at radius 3 is 2.52 bits per heavy atom. The lowest BCUT2D eigenvalue weighted by atomic mass is 10.1. The highest BCUT2D eigenvalue weighted by molar-refractivity contribution is 6.44. The molecule has 0 fully saturated rings. The lowest BCUT2D eigenvalue weighted by molar-refractivity contribution is 0.180. The first-order valence-corrected chi connectivity index (χ1v) is 6.98. The van der Waals surface area contributed by atoms with Crippen molar-refractivity contribution >= 4 is 34.0 Å². The van der Waals surface area contributed by atoms with Crippen LogP contribution in [0.15, 0.2) is 27.4 Å². The van der Waals surface area contributed by atoms with Crippen molar-refractivity contribution in [2.45, 2.75) is 17.4 Å². The Hall–Kier alpha value is -1.43. The van der Waals surface area contributed by atoms with Crippen LogP contribution in [0.2, 0.25) is 0 Å². The van der Waals surface area contributed by atoms with Crippen molar-refractivity contribution in [3.05, 3.63) is 34.4 Å². The van der Waals surface area contributed by atoms with Crippen LogP contribution < -0.4 is 15.1 Å². The first kappa shape index (κ1) is 15.9. The number of aliphatic hydroxyl groups is 1. The molecule has 0 aliphatic rings. The monoisotopic (exact) mass is 332 g/mol. The number of fused-ring (bicyclic) bond motifs is 1. The van der Waals surface area contributed by atoms with Gasteiger partial charge in [-0.1, -0.05) is 0 Å². The van der Waals surface area contributed by atoms with Gasteiger partial charge in [0.15, 0.2) is 0 Å². The van der Waals surface area contributed by atoms with E-state index in [1.807, 2.05) is 0 Å². The van der Waals surface area contributed by atoms with Crippen LogP contribution in [0.4, 0.5) is 0 Å². The number of aliphatic hydroxyl groups excluding tert-OH is 1. The number of hydrogen-bond acceptors (Lipinski definition) is 5. The minimum Gasteiger partial charge on any atom is -0.497 e. The minimum absolute atomic E-state index is 0.0301. The molecule has 1 atom stereocenters. The summed E-state index contributed by atoms with van der Waals surface area (Å²) in [5, 5.41) is 10.6. The smallest absolute Gasteiger partial charge is 0.347 e. The number of ether oxygens (including phenoxy) is 2. The third-order valence-corrected chi connectivity index (χ3v) is 3.59. The van der Waals surface area contributed by atoms with Gasteiger partial charge in [0, 0.05) is 12.5 Å². The third kappa shape index (κ3) is 3.43. The predicted octanol–water partition coefficient (Wildman–Crippen LogP) is 2.52. The summed E-state index contributed by atoms with van der Waals surface area (Å²) < 4.78 is 15.5. The summed E-state index contributed by atoms with van der Waals surface area (Å²) in [6.45, 7) is 0. The molecule has 0 bridgehead atoms. The minimum atomic E-state index is -1.03. The van der Waals surface area contributed by atoms with Gasteiger partial charge < -0.3 is 19.0 Å². The fraction of sp³-hybridized carbons (Fsp3) is 0.357. The molecule has 1 N–H and O–H groups in total. The van der Waals surface area contributed by atoms with Crippen molar-refractivity contribution in [3.8, 4) is 11.5 Å². The molecule has 21 heavy (non-hydrogen) atoms. The second-order valence-electron chi connectivity index (χ2n) is 4.40. The molecule has 0 saturated carbocycles. The molecule has 5 nitrogen and oxygen atoms in total. The maximum absolute atomic E-state index is 12.1. The number of rotatable bonds is 5. The lowest BCUT2D eigenvalue weighted by Gasteiger charge is -2.12. The van der Waals surface area contributed by atoms with E-state index in [-0.39, 0.29) is 12.2 Å². The van der Waals surface area contributed by atoms with Crippen LogP contribution in [0.25, 0.3) is 10.8 Å². The highest BCUT2D eigenvalue weighted by atomic mass is 35.5. The molecule has 0 spiro atoms. The standard InChI is InChI=1S/C14H14Cl2O5/c1-19-8-3-7-4-9(5-10(17)13(15)16)21-14(18)12(7)11(6-8)20-2/h3-4,6,10,13,17H,5H2,1-2H3/t10-/m1/s1. The quantitative estimate of drug-likeness (QED) is 0.852. The summed E-state index contributed by atoms with van der Waals surface area (Å²) >= 11 is 11.2. The van der Waals surface area contributed by atoms with Crippen molar-refractivity contribution in [1.29, 1.82) is 0 Å². The van der Waals surface area contributed by atoms with Gasteiger partial charge in [-0.2, -0.15) is 0 Å². The second-order valence-corrected chi connectivity index (χ2v) is 5.56. The molecular formula is C14H14Cl2O5. The number of methoxy groups -OCH3 is 2. The van der Waals surface area contributed by atoms with Gasteiger partial charge in [-0.05, 0) is 17.5 Å². The van der Waals surface area contributed by atoms with Gasteiger partial charge in [0.05, 0.1) is 20.3 Å². The summed E-state index contributed by atoms with van der Waals surface area (Å²) in [5.41, 5.74) is -0.560. The van der Waals surface area contributed by atoms with Crippen molar-refractivity contribution in [2.24, 2.45) is 0 Å². The highest BCUT2D eigenvalue weighted by Crippen LogP contribution is 2.29. The molecule has 1 aromatic heterocycles. The summed E-state index contributed by atoms with van der Waals surface area (Å²) in [5.74, 6) is 1.18. The van der Waals surface area contributed by atoms with Crippen LogP contribution in [-0.4, -0.2) is 30.3 Å². The largest absolute Gasteiger partial charge is 0.497 e. The van der Waals surface area contributed by atoms with E-state index in [9.17, 15) is 9.90 Å². The van der Waals surface area contributed by atoms with Crippen molar-refractivity contribution in [2.75, 3.05) is 14.2 Å². The molecule has 0 aliphatic heterocycles. The summed E-state index contributed by atoms with van der Waals surface area (Å²) in [6.07, 6.45) is -0.996. The Labute approximate surface area is 131 Å². The first-order valence-electron chi connectivity index (χ1n) is 6.11. The summed E-state index contributed by atoms with van der Waals surface area (Å²) in [7, 11) is 2.97. The topological polar surface area (TPSA) is 68.9 Å². The van der Waals surface area contributed by atoms with Crippen molar-refractivity contribution in [3.63, 3.8) is 0 Å². The molecule has 0 amide bonds. The molecule has 2 aromatic rings. The molecule has 0 unspecified atom stereocenters. The van der Waals surface area contributed by atoms with Gasteiger partial charge in [0.25, 0.3) is 0 Å². The molecule has 114 valence electrons. The molecule has 2 rings (SSSR count). The van der Waals surface area contributed by atoms with E-state index in [1.165, 1.54) is 14.2 Å². The normalized spacial score (nSPS) is 12.7. The Morgan fingerprint density at radius 1 is 1.24 bits per heavy atom. The average Bonchev–Trinajstić information content (AvgIpc) is 2.45. The van der Waals surface area contributed by atoms with E-state index in [0.717, 1.165) is 0 Å². The molecular weight excluding hydrogens is 319 g/mol. The van der Waals surface area contributed by atoms with Crippen LogP contribution in [-0.2, 0) is 6.42 Å². The predicted molar refractivity (Wildman–Crippen MR) is 80.8 cm³/mol. The molecule has 0 aliphatic carbocycles. The zero-order valence-electron chi connectivity index (χ0n) is 11.4.